The number of nitrogens with zero attached hydrogens (tertiary/aromatic N) is 1. The average molecular weight is 373 g/mol. The molecule has 5 heteroatoms. The number of halogens is 1. The van der Waals surface area contributed by atoms with Crippen LogP contribution in [0.2, 0.25) is 0 Å². The van der Waals surface area contributed by atoms with Gasteiger partial charge in [0.1, 0.15) is 30.8 Å². The van der Waals surface area contributed by atoms with Gasteiger partial charge >= 0.3 is 0 Å². The molecular formula is C22H30FN2O2+. The number of rotatable bonds is 7. The molecule has 27 heavy (non-hydrogen) atoms. The van der Waals surface area contributed by atoms with Crippen LogP contribution in [-0.2, 0) is 0 Å². The van der Waals surface area contributed by atoms with Crippen molar-refractivity contribution in [1.82, 2.24) is 0 Å². The molecule has 1 heterocycles. The van der Waals surface area contributed by atoms with Crippen LogP contribution in [0.25, 0.3) is 0 Å². The van der Waals surface area contributed by atoms with Gasteiger partial charge in [-0.05, 0) is 35.7 Å². The smallest absolute Gasteiger partial charge is 0.146 e. The standard InChI is InChI=1S/C22H29FN2O2/c1-17(2)18-7-9-20(10-8-18)27-16-19(26)15-24-11-13-25(14-12-24)22-6-4-3-5-21(22)23/h3-10,17,19,26H,11-16H2,1-2H3/p+1. The van der Waals surface area contributed by atoms with Gasteiger partial charge < -0.3 is 19.6 Å². The van der Waals surface area contributed by atoms with E-state index in [1.54, 1.807) is 6.07 Å². The normalized spacial score (nSPS) is 16.6. The van der Waals surface area contributed by atoms with Crippen LogP contribution in [0.1, 0.15) is 25.3 Å². The Balaban J connectivity index is 1.41. The van der Waals surface area contributed by atoms with Gasteiger partial charge in [-0.1, -0.05) is 38.1 Å². The van der Waals surface area contributed by atoms with E-state index in [0.717, 1.165) is 31.9 Å². The third-order valence-electron chi connectivity index (χ3n) is 5.18. The summed E-state index contributed by atoms with van der Waals surface area (Å²) in [7, 11) is 0. The van der Waals surface area contributed by atoms with Crippen molar-refractivity contribution in [2.45, 2.75) is 25.9 Å². The fourth-order valence-corrected chi connectivity index (χ4v) is 3.51. The summed E-state index contributed by atoms with van der Waals surface area (Å²) in [6.07, 6.45) is -0.509. The number of piperazine rings is 1. The molecule has 1 fully saturated rings. The van der Waals surface area contributed by atoms with Crippen LogP contribution < -0.4 is 14.5 Å². The van der Waals surface area contributed by atoms with E-state index < -0.39 is 6.10 Å². The summed E-state index contributed by atoms with van der Waals surface area (Å²) in [6, 6.07) is 15.0. The van der Waals surface area contributed by atoms with Gasteiger partial charge in [0.15, 0.2) is 0 Å². The van der Waals surface area contributed by atoms with Crippen LogP contribution in [0, 0.1) is 5.82 Å². The van der Waals surface area contributed by atoms with Crippen molar-refractivity contribution in [3.8, 4) is 5.75 Å². The molecule has 0 radical (unpaired) electrons. The number of quaternary nitrogens is 1. The van der Waals surface area contributed by atoms with Gasteiger partial charge in [0, 0.05) is 0 Å². The molecule has 1 unspecified atom stereocenters. The second-order valence-electron chi connectivity index (χ2n) is 7.58. The van der Waals surface area contributed by atoms with Crippen molar-refractivity contribution in [2.24, 2.45) is 0 Å². The Labute approximate surface area is 161 Å². The minimum atomic E-state index is -0.509. The van der Waals surface area contributed by atoms with Crippen LogP contribution >= 0.6 is 0 Å². The third-order valence-corrected chi connectivity index (χ3v) is 5.18. The summed E-state index contributed by atoms with van der Waals surface area (Å²) < 4.78 is 19.6. The predicted octanol–water partition coefficient (Wildman–Crippen LogP) is 2.09. The van der Waals surface area contributed by atoms with Gasteiger partial charge in [-0.3, -0.25) is 0 Å². The van der Waals surface area contributed by atoms with Gasteiger partial charge in [0.25, 0.3) is 0 Å². The topological polar surface area (TPSA) is 37.1 Å². The lowest BCUT2D eigenvalue weighted by molar-refractivity contribution is -0.903. The van der Waals surface area contributed by atoms with Crippen LogP contribution in [0.3, 0.4) is 0 Å². The first-order valence-electron chi connectivity index (χ1n) is 9.77. The van der Waals surface area contributed by atoms with E-state index in [2.05, 4.69) is 30.9 Å². The first-order chi connectivity index (χ1) is 13.0. The summed E-state index contributed by atoms with van der Waals surface area (Å²) in [5, 5.41) is 10.3. The van der Waals surface area contributed by atoms with E-state index in [0.29, 0.717) is 24.8 Å². The highest BCUT2D eigenvalue weighted by Gasteiger charge is 2.24. The fraction of sp³-hybridized carbons (Fsp3) is 0.455. The summed E-state index contributed by atoms with van der Waals surface area (Å²) in [6.45, 7) is 8.61. The number of aliphatic hydroxyl groups excluding tert-OH is 1. The quantitative estimate of drug-likeness (QED) is 0.781. The summed E-state index contributed by atoms with van der Waals surface area (Å²) in [5.41, 5.74) is 1.95. The van der Waals surface area contributed by atoms with Crippen molar-refractivity contribution in [2.75, 3.05) is 44.2 Å². The monoisotopic (exact) mass is 373 g/mol. The molecule has 3 rings (SSSR count). The van der Waals surface area contributed by atoms with Crippen LogP contribution in [0.15, 0.2) is 48.5 Å². The maximum atomic E-state index is 13.9. The number of ether oxygens (including phenoxy) is 1. The number of aliphatic hydroxyl groups is 1. The van der Waals surface area contributed by atoms with E-state index in [4.69, 9.17) is 4.74 Å². The van der Waals surface area contributed by atoms with E-state index in [1.165, 1.54) is 16.5 Å². The molecule has 0 bridgehead atoms. The Morgan fingerprint density at radius 2 is 1.74 bits per heavy atom. The number of hydrogen-bond donors (Lipinski definition) is 2. The van der Waals surface area contributed by atoms with Crippen molar-refractivity contribution in [3.05, 3.63) is 59.9 Å². The maximum Gasteiger partial charge on any atom is 0.146 e. The average Bonchev–Trinajstić information content (AvgIpc) is 2.68. The molecule has 0 aromatic heterocycles. The molecule has 2 N–H and O–H groups in total. The predicted molar refractivity (Wildman–Crippen MR) is 106 cm³/mol. The summed E-state index contributed by atoms with van der Waals surface area (Å²) >= 11 is 0. The molecule has 1 saturated heterocycles. The second-order valence-corrected chi connectivity index (χ2v) is 7.58. The molecule has 2 aromatic rings. The van der Waals surface area contributed by atoms with E-state index in [-0.39, 0.29) is 5.82 Å². The number of hydrogen-bond acceptors (Lipinski definition) is 3. The van der Waals surface area contributed by atoms with Gasteiger partial charge in [0.05, 0.1) is 31.9 Å². The molecule has 0 aliphatic carbocycles. The lowest BCUT2D eigenvalue weighted by Crippen LogP contribution is -3.16. The lowest BCUT2D eigenvalue weighted by Gasteiger charge is -2.34. The fourth-order valence-electron chi connectivity index (χ4n) is 3.51. The van der Waals surface area contributed by atoms with Gasteiger partial charge in [-0.25, -0.2) is 4.39 Å². The minimum absolute atomic E-state index is 0.169. The van der Waals surface area contributed by atoms with Crippen LogP contribution in [-0.4, -0.2) is 50.5 Å². The molecule has 1 aliphatic rings. The number of nitrogens with one attached hydrogen (secondary N) is 1. The molecule has 1 atom stereocenters. The maximum absolute atomic E-state index is 13.9. The molecule has 1 aliphatic heterocycles. The Morgan fingerprint density at radius 1 is 1.07 bits per heavy atom. The van der Waals surface area contributed by atoms with Crippen LogP contribution in [0.5, 0.6) is 5.75 Å². The molecule has 0 spiro atoms. The summed E-state index contributed by atoms with van der Waals surface area (Å²) in [5.74, 6) is 1.12. The lowest BCUT2D eigenvalue weighted by atomic mass is 10.0. The first-order valence-corrected chi connectivity index (χ1v) is 9.77. The number of benzene rings is 2. The Hall–Kier alpha value is -2.11. The number of para-hydroxylation sites is 1. The number of anilines is 1. The van der Waals surface area contributed by atoms with E-state index >= 15 is 0 Å². The SMILES string of the molecule is CC(C)c1ccc(OCC(O)C[NH+]2CCN(c3ccccc3F)CC2)cc1. The van der Waals surface area contributed by atoms with Gasteiger partial charge in [0.2, 0.25) is 0 Å². The Morgan fingerprint density at radius 3 is 2.37 bits per heavy atom. The molecule has 4 nitrogen and oxygen atoms in total. The zero-order chi connectivity index (χ0) is 19.2. The van der Waals surface area contributed by atoms with E-state index in [1.807, 2.05) is 24.3 Å². The Bertz CT molecular complexity index is 713. The third kappa shape index (κ3) is 5.44. The highest BCUT2D eigenvalue weighted by atomic mass is 19.1. The molecule has 2 aromatic carbocycles. The minimum Gasteiger partial charge on any atom is -0.491 e. The molecular weight excluding hydrogens is 343 g/mol. The zero-order valence-electron chi connectivity index (χ0n) is 16.2. The largest absolute Gasteiger partial charge is 0.491 e. The highest BCUT2D eigenvalue weighted by Crippen LogP contribution is 2.19. The second kappa shape index (κ2) is 9.20. The first kappa shape index (κ1) is 19.6. The molecule has 0 saturated carbocycles. The highest BCUT2D eigenvalue weighted by molar-refractivity contribution is 5.47. The van der Waals surface area contributed by atoms with E-state index in [9.17, 15) is 9.50 Å². The van der Waals surface area contributed by atoms with Crippen molar-refractivity contribution >= 4 is 5.69 Å². The van der Waals surface area contributed by atoms with Gasteiger partial charge in [-0.2, -0.15) is 0 Å². The molecule has 0 amide bonds. The Kier molecular flexibility index (Phi) is 6.69. The van der Waals surface area contributed by atoms with Crippen LogP contribution in [0.4, 0.5) is 10.1 Å². The van der Waals surface area contributed by atoms with Crippen molar-refractivity contribution < 1.29 is 19.1 Å². The van der Waals surface area contributed by atoms with Crippen molar-refractivity contribution in [3.63, 3.8) is 0 Å². The van der Waals surface area contributed by atoms with Gasteiger partial charge in [-0.15, -0.1) is 0 Å². The van der Waals surface area contributed by atoms with Crippen molar-refractivity contribution in [1.29, 1.82) is 0 Å². The molecule has 146 valence electrons. The zero-order valence-corrected chi connectivity index (χ0v) is 16.2. The summed E-state index contributed by atoms with van der Waals surface area (Å²) in [4.78, 5) is 3.41.